The van der Waals surface area contributed by atoms with Crippen LogP contribution in [-0.4, -0.2) is 36.2 Å². The second-order valence-corrected chi connectivity index (χ2v) is 6.96. The van der Waals surface area contributed by atoms with Crippen molar-refractivity contribution in [1.82, 2.24) is 5.32 Å². The smallest absolute Gasteiger partial charge is 0.313 e. The number of carboxylic acids is 1. The molecule has 1 saturated heterocycles. The highest BCUT2D eigenvalue weighted by Gasteiger charge is 2.47. The van der Waals surface area contributed by atoms with Crippen LogP contribution in [0.5, 0.6) is 0 Å². The first-order chi connectivity index (χ1) is 9.88. The van der Waals surface area contributed by atoms with E-state index >= 15 is 0 Å². The van der Waals surface area contributed by atoms with E-state index in [0.29, 0.717) is 4.88 Å². The quantitative estimate of drug-likeness (QED) is 0.874. The van der Waals surface area contributed by atoms with Gasteiger partial charge in [-0.05, 0) is 31.9 Å². The van der Waals surface area contributed by atoms with Crippen LogP contribution in [0.1, 0.15) is 40.4 Å². The fourth-order valence-electron chi connectivity index (χ4n) is 2.46. The molecular weight excluding hydrogens is 290 g/mol. The van der Waals surface area contributed by atoms with Crippen LogP contribution in [0.3, 0.4) is 0 Å². The number of carboxylic acid groups (broad SMARTS) is 1. The molecule has 1 aliphatic rings. The average molecular weight is 311 g/mol. The van der Waals surface area contributed by atoms with Crippen LogP contribution in [0.4, 0.5) is 0 Å². The van der Waals surface area contributed by atoms with Crippen molar-refractivity contribution in [3.8, 4) is 0 Å². The Hall–Kier alpha value is -1.40. The summed E-state index contributed by atoms with van der Waals surface area (Å²) in [5.41, 5.74) is 0.130. The first-order valence-electron chi connectivity index (χ1n) is 7.09. The summed E-state index contributed by atoms with van der Waals surface area (Å²) in [5, 5.41) is 12.1. The molecule has 21 heavy (non-hydrogen) atoms. The predicted octanol–water partition coefficient (Wildman–Crippen LogP) is 2.23. The molecule has 1 fully saturated rings. The molecule has 2 unspecified atom stereocenters. The Morgan fingerprint density at radius 3 is 2.90 bits per heavy atom. The molecule has 2 heterocycles. The number of thiophene rings is 1. The van der Waals surface area contributed by atoms with Crippen molar-refractivity contribution < 1.29 is 19.4 Å². The minimum atomic E-state index is -1.06. The van der Waals surface area contributed by atoms with Gasteiger partial charge in [0.05, 0.1) is 24.1 Å². The number of amides is 1. The maximum Gasteiger partial charge on any atom is 0.313 e. The minimum Gasteiger partial charge on any atom is -0.481 e. The van der Waals surface area contributed by atoms with Gasteiger partial charge in [0.1, 0.15) is 5.41 Å². The Kier molecular flexibility index (Phi) is 4.68. The van der Waals surface area contributed by atoms with Gasteiger partial charge in [0.2, 0.25) is 0 Å². The average Bonchev–Trinajstić information content (AvgIpc) is 2.96. The maximum atomic E-state index is 12.3. The lowest BCUT2D eigenvalue weighted by molar-refractivity contribution is -0.148. The van der Waals surface area contributed by atoms with Gasteiger partial charge in [-0.25, -0.2) is 0 Å². The first kappa shape index (κ1) is 16.0. The highest BCUT2D eigenvalue weighted by Crippen LogP contribution is 2.30. The van der Waals surface area contributed by atoms with E-state index in [-0.39, 0.29) is 19.1 Å². The van der Waals surface area contributed by atoms with Gasteiger partial charge in [-0.15, -0.1) is 11.3 Å². The van der Waals surface area contributed by atoms with Gasteiger partial charge in [0.25, 0.3) is 5.91 Å². The first-order valence-corrected chi connectivity index (χ1v) is 7.91. The number of aryl methyl sites for hydroxylation is 2. The lowest BCUT2D eigenvalue weighted by atomic mass is 9.85. The van der Waals surface area contributed by atoms with E-state index in [1.165, 1.54) is 16.9 Å². The molecule has 0 spiro atoms. The third-order valence-corrected chi connectivity index (χ3v) is 5.10. The molecule has 1 aromatic rings. The van der Waals surface area contributed by atoms with Crippen LogP contribution in [0.15, 0.2) is 6.07 Å². The van der Waals surface area contributed by atoms with Crippen LogP contribution in [0.25, 0.3) is 0 Å². The molecule has 0 aliphatic carbocycles. The summed E-state index contributed by atoms with van der Waals surface area (Å²) in [4.78, 5) is 25.5. The molecule has 0 saturated carbocycles. The number of carbonyl (C=O) groups excluding carboxylic acids is 1. The number of ether oxygens (including phenoxy) is 1. The van der Waals surface area contributed by atoms with Gasteiger partial charge in [-0.3, -0.25) is 9.59 Å². The van der Waals surface area contributed by atoms with Gasteiger partial charge < -0.3 is 15.2 Å². The zero-order chi connectivity index (χ0) is 15.6. The molecule has 1 aromatic heterocycles. The van der Waals surface area contributed by atoms with Crippen molar-refractivity contribution >= 4 is 23.2 Å². The van der Waals surface area contributed by atoms with Crippen molar-refractivity contribution in [3.63, 3.8) is 0 Å². The summed E-state index contributed by atoms with van der Waals surface area (Å²) in [6, 6.07) is 1.41. The maximum absolute atomic E-state index is 12.3. The van der Waals surface area contributed by atoms with Gasteiger partial charge in [0.15, 0.2) is 0 Å². The van der Waals surface area contributed by atoms with Crippen LogP contribution in [0, 0.1) is 12.3 Å². The van der Waals surface area contributed by atoms with Gasteiger partial charge in [0, 0.05) is 4.88 Å². The molecule has 1 amide bonds. The highest BCUT2D eigenvalue weighted by molar-refractivity contribution is 7.14. The fraction of sp³-hybridized carbons (Fsp3) is 0.600. The number of hydrogen-bond donors (Lipinski definition) is 2. The third kappa shape index (κ3) is 3.11. The normalized spacial score (nSPS) is 25.0. The van der Waals surface area contributed by atoms with Gasteiger partial charge >= 0.3 is 5.97 Å². The SMILES string of the molecule is CCCc1cc(C(=O)NC2COCC2(C)C(=O)O)sc1C. The molecule has 5 nitrogen and oxygen atoms in total. The molecule has 0 bridgehead atoms. The molecule has 1 aliphatic heterocycles. The van der Waals surface area contributed by atoms with Gasteiger partial charge in [-0.1, -0.05) is 13.3 Å². The van der Waals surface area contributed by atoms with Crippen LogP contribution < -0.4 is 5.32 Å². The van der Waals surface area contributed by atoms with E-state index in [1.807, 2.05) is 13.0 Å². The Bertz CT molecular complexity index is 554. The molecule has 6 heteroatoms. The molecule has 2 rings (SSSR count). The molecule has 0 aromatic carbocycles. The summed E-state index contributed by atoms with van der Waals surface area (Å²) < 4.78 is 5.25. The van der Waals surface area contributed by atoms with Crippen LogP contribution >= 0.6 is 11.3 Å². The summed E-state index contributed by atoms with van der Waals surface area (Å²) in [5.74, 6) is -1.16. The molecule has 0 radical (unpaired) electrons. The zero-order valence-corrected chi connectivity index (χ0v) is 13.4. The van der Waals surface area contributed by atoms with Crippen LogP contribution in [0.2, 0.25) is 0 Å². The van der Waals surface area contributed by atoms with E-state index in [4.69, 9.17) is 4.74 Å². The summed E-state index contributed by atoms with van der Waals surface area (Å²) >= 11 is 1.45. The fourth-order valence-corrected chi connectivity index (χ4v) is 3.44. The minimum absolute atomic E-state index is 0.123. The van der Waals surface area contributed by atoms with Crippen molar-refractivity contribution in [1.29, 1.82) is 0 Å². The second kappa shape index (κ2) is 6.15. The Balaban J connectivity index is 2.11. The van der Waals surface area contributed by atoms with Gasteiger partial charge in [-0.2, -0.15) is 0 Å². The molecular formula is C15H21NO4S. The largest absolute Gasteiger partial charge is 0.481 e. The monoisotopic (exact) mass is 311 g/mol. The molecule has 2 atom stereocenters. The Labute approximate surface area is 128 Å². The van der Waals surface area contributed by atoms with E-state index < -0.39 is 17.4 Å². The summed E-state index contributed by atoms with van der Waals surface area (Å²) in [6.07, 6.45) is 1.99. The summed E-state index contributed by atoms with van der Waals surface area (Å²) in [6.45, 7) is 6.07. The second-order valence-electron chi connectivity index (χ2n) is 5.71. The molecule has 2 N–H and O–H groups in total. The molecule has 116 valence electrons. The van der Waals surface area contributed by atoms with E-state index in [9.17, 15) is 14.7 Å². The Morgan fingerprint density at radius 1 is 1.57 bits per heavy atom. The third-order valence-electron chi connectivity index (χ3n) is 4.01. The number of carbonyl (C=O) groups is 2. The van der Waals surface area contributed by atoms with E-state index in [1.54, 1.807) is 6.92 Å². The van der Waals surface area contributed by atoms with Crippen molar-refractivity contribution in [2.75, 3.05) is 13.2 Å². The predicted molar refractivity (Wildman–Crippen MR) is 80.9 cm³/mol. The van der Waals surface area contributed by atoms with Crippen molar-refractivity contribution in [2.45, 2.75) is 39.7 Å². The zero-order valence-electron chi connectivity index (χ0n) is 12.6. The number of rotatable bonds is 5. The van der Waals surface area contributed by atoms with Crippen molar-refractivity contribution in [3.05, 3.63) is 21.4 Å². The lowest BCUT2D eigenvalue weighted by Gasteiger charge is -2.25. The van der Waals surface area contributed by atoms with Crippen LogP contribution in [-0.2, 0) is 16.0 Å². The van der Waals surface area contributed by atoms with E-state index in [0.717, 1.165) is 17.7 Å². The highest BCUT2D eigenvalue weighted by atomic mass is 32.1. The topological polar surface area (TPSA) is 75.6 Å². The Morgan fingerprint density at radius 2 is 2.29 bits per heavy atom. The standard InChI is InChI=1S/C15H21NO4S/c1-4-5-10-6-11(21-9(10)2)13(17)16-12-7-20-8-15(12,3)14(18)19/h6,12H,4-5,7-8H2,1-3H3,(H,16,17)(H,18,19). The summed E-state index contributed by atoms with van der Waals surface area (Å²) in [7, 11) is 0. The number of nitrogens with one attached hydrogen (secondary N) is 1. The lowest BCUT2D eigenvalue weighted by Crippen LogP contribution is -2.49. The van der Waals surface area contributed by atoms with Crippen molar-refractivity contribution in [2.24, 2.45) is 5.41 Å². The number of aliphatic carboxylic acids is 1. The number of hydrogen-bond acceptors (Lipinski definition) is 4. The van der Waals surface area contributed by atoms with E-state index in [2.05, 4.69) is 12.2 Å².